The van der Waals surface area contributed by atoms with Crippen molar-refractivity contribution in [2.45, 2.75) is 33.5 Å². The highest BCUT2D eigenvalue weighted by atomic mass is 19.1. The lowest BCUT2D eigenvalue weighted by atomic mass is 9.92. The first kappa shape index (κ1) is 25.2. The number of benzene rings is 2. The van der Waals surface area contributed by atoms with Crippen LogP contribution in [-0.2, 0) is 4.79 Å². The van der Waals surface area contributed by atoms with E-state index in [9.17, 15) is 14.0 Å². The number of aromatic nitrogens is 4. The van der Waals surface area contributed by atoms with Gasteiger partial charge in [-0.25, -0.2) is 13.8 Å². The van der Waals surface area contributed by atoms with Crippen LogP contribution in [-0.4, -0.2) is 45.5 Å². The topological polar surface area (TPSA) is 91.5 Å². The Hall–Kier alpha value is -4.47. The number of alkyl halides is 1. The predicted molar refractivity (Wildman–Crippen MR) is 141 cm³/mol. The summed E-state index contributed by atoms with van der Waals surface area (Å²) in [6, 6.07) is 16.1. The highest BCUT2D eigenvalue weighted by Crippen LogP contribution is 2.37. The molecule has 0 spiro atoms. The van der Waals surface area contributed by atoms with Gasteiger partial charge in [0.2, 0.25) is 12.3 Å². The number of ether oxygens (including phenoxy) is 2. The van der Waals surface area contributed by atoms with E-state index in [1.807, 2.05) is 44.2 Å². The largest absolute Gasteiger partial charge is 0.491 e. The number of amides is 1. The fourth-order valence-electron chi connectivity index (χ4n) is 4.50. The van der Waals surface area contributed by atoms with E-state index in [0.717, 1.165) is 5.69 Å². The normalized spacial score (nSPS) is 15.5. The van der Waals surface area contributed by atoms with Crippen LogP contribution in [0.4, 0.5) is 10.1 Å². The molecule has 1 saturated heterocycles. The Bertz CT molecular complexity index is 1540. The molecule has 1 unspecified atom stereocenters. The minimum atomic E-state index is -1.63. The average molecular weight is 518 g/mol. The molecular weight excluding hydrogens is 489 g/mol. The lowest BCUT2D eigenvalue weighted by Crippen LogP contribution is -2.30. The number of nitrogens with zero attached hydrogens (tertiary/aromatic N) is 5. The molecule has 10 heteroatoms. The quantitative estimate of drug-likeness (QED) is 0.357. The Morgan fingerprint density at radius 2 is 1.79 bits per heavy atom. The molecule has 9 nitrogen and oxygen atoms in total. The van der Waals surface area contributed by atoms with Crippen molar-refractivity contribution in [3.05, 3.63) is 77.2 Å². The molecule has 0 aliphatic carbocycles. The van der Waals surface area contributed by atoms with Gasteiger partial charge in [0, 0.05) is 30.6 Å². The summed E-state index contributed by atoms with van der Waals surface area (Å²) in [6.45, 7) is 5.63. The summed E-state index contributed by atoms with van der Waals surface area (Å²) in [4.78, 5) is 27.8. The summed E-state index contributed by atoms with van der Waals surface area (Å²) in [5.41, 5.74) is 1.36. The molecule has 1 atom stereocenters. The van der Waals surface area contributed by atoms with Crippen molar-refractivity contribution in [2.75, 3.05) is 18.6 Å². The maximum absolute atomic E-state index is 14.1. The van der Waals surface area contributed by atoms with Crippen LogP contribution in [0.1, 0.15) is 27.2 Å². The van der Waals surface area contributed by atoms with Crippen LogP contribution in [0.3, 0.4) is 0 Å². The van der Waals surface area contributed by atoms with Gasteiger partial charge in [0.1, 0.15) is 5.69 Å². The van der Waals surface area contributed by atoms with Crippen LogP contribution in [0.15, 0.2) is 71.8 Å². The Labute approximate surface area is 219 Å². The molecule has 5 rings (SSSR count). The van der Waals surface area contributed by atoms with E-state index in [1.165, 1.54) is 24.9 Å². The zero-order chi connectivity index (χ0) is 27.0. The van der Waals surface area contributed by atoms with E-state index in [2.05, 4.69) is 10.2 Å². The van der Waals surface area contributed by atoms with Crippen molar-refractivity contribution in [2.24, 2.45) is 5.41 Å². The number of para-hydroxylation sites is 1. The number of rotatable bonds is 7. The Morgan fingerprint density at radius 1 is 1.03 bits per heavy atom. The number of hydrogen-bond acceptors (Lipinski definition) is 6. The molecule has 3 heterocycles. The molecule has 0 N–H and O–H groups in total. The van der Waals surface area contributed by atoms with Crippen LogP contribution in [0.5, 0.6) is 11.5 Å². The van der Waals surface area contributed by atoms with Crippen molar-refractivity contribution in [1.29, 1.82) is 0 Å². The van der Waals surface area contributed by atoms with E-state index >= 15 is 0 Å². The standard InChI is InChI=1S/C28H28FN5O4/c1-18(29)38-23-16-20(32-15-13-28(2,3)27(32)36)10-11-21(23)33-17-24(37-4)26(35)25(31-33)22-12-14-30-34(22)19-8-6-5-7-9-19/h5-12,14,16-18H,13,15H2,1-4H3. The number of halogens is 1. The fourth-order valence-corrected chi connectivity index (χ4v) is 4.50. The number of hydrogen-bond donors (Lipinski definition) is 0. The van der Waals surface area contributed by atoms with Gasteiger partial charge in [-0.3, -0.25) is 9.59 Å². The van der Waals surface area contributed by atoms with Gasteiger partial charge in [0.15, 0.2) is 17.2 Å². The summed E-state index contributed by atoms with van der Waals surface area (Å²) in [7, 11) is 1.39. The molecule has 4 aromatic rings. The first-order valence-corrected chi connectivity index (χ1v) is 12.2. The summed E-state index contributed by atoms with van der Waals surface area (Å²) in [5, 5.41) is 8.96. The third-order valence-corrected chi connectivity index (χ3v) is 6.57. The van der Waals surface area contributed by atoms with Crippen LogP contribution < -0.4 is 19.8 Å². The molecule has 38 heavy (non-hydrogen) atoms. The summed E-state index contributed by atoms with van der Waals surface area (Å²) in [5.74, 6) is 0.190. The minimum absolute atomic E-state index is 0.0101. The lowest BCUT2D eigenvalue weighted by Gasteiger charge is -2.22. The first-order chi connectivity index (χ1) is 18.2. The van der Waals surface area contributed by atoms with Gasteiger partial charge < -0.3 is 14.4 Å². The Morgan fingerprint density at radius 3 is 2.45 bits per heavy atom. The number of methoxy groups -OCH3 is 1. The minimum Gasteiger partial charge on any atom is -0.491 e. The number of anilines is 1. The monoisotopic (exact) mass is 517 g/mol. The van der Waals surface area contributed by atoms with Gasteiger partial charge >= 0.3 is 0 Å². The fraction of sp³-hybridized carbons (Fsp3) is 0.286. The summed E-state index contributed by atoms with van der Waals surface area (Å²) in [6.07, 6.45) is 2.08. The molecule has 1 aliphatic rings. The molecule has 0 radical (unpaired) electrons. The van der Waals surface area contributed by atoms with Gasteiger partial charge in [-0.15, -0.1) is 0 Å². The molecule has 0 bridgehead atoms. The highest BCUT2D eigenvalue weighted by Gasteiger charge is 2.39. The van der Waals surface area contributed by atoms with E-state index in [4.69, 9.17) is 9.47 Å². The lowest BCUT2D eigenvalue weighted by molar-refractivity contribution is -0.123. The van der Waals surface area contributed by atoms with Gasteiger partial charge in [-0.2, -0.15) is 10.2 Å². The second-order valence-electron chi connectivity index (χ2n) is 9.69. The molecule has 1 aliphatic heterocycles. The van der Waals surface area contributed by atoms with Crippen molar-refractivity contribution >= 4 is 11.6 Å². The Balaban J connectivity index is 1.64. The van der Waals surface area contributed by atoms with Crippen molar-refractivity contribution in [3.63, 3.8) is 0 Å². The SMILES string of the molecule is COc1cn(-c2ccc(N3CCC(C)(C)C3=O)cc2OC(C)F)nc(-c2ccnn2-c2ccccc2)c1=O. The van der Waals surface area contributed by atoms with E-state index in [-0.39, 0.29) is 23.1 Å². The zero-order valence-electron chi connectivity index (χ0n) is 21.6. The van der Waals surface area contributed by atoms with Gasteiger partial charge in [-0.1, -0.05) is 32.0 Å². The number of carbonyl (C=O) groups is 1. The van der Waals surface area contributed by atoms with Gasteiger partial charge in [-0.05, 0) is 36.8 Å². The van der Waals surface area contributed by atoms with Gasteiger partial charge in [0.25, 0.3) is 5.43 Å². The molecule has 196 valence electrons. The van der Waals surface area contributed by atoms with E-state index < -0.39 is 17.2 Å². The summed E-state index contributed by atoms with van der Waals surface area (Å²) >= 11 is 0. The number of carbonyl (C=O) groups excluding carboxylic acids is 1. The molecular formula is C28H28FN5O4. The third kappa shape index (κ3) is 4.53. The van der Waals surface area contributed by atoms with Crippen LogP contribution in [0, 0.1) is 5.41 Å². The highest BCUT2D eigenvalue weighted by molar-refractivity contribution is 5.99. The van der Waals surface area contributed by atoms with Gasteiger partial charge in [0.05, 0.1) is 30.9 Å². The Kier molecular flexibility index (Phi) is 6.48. The predicted octanol–water partition coefficient (Wildman–Crippen LogP) is 4.55. The van der Waals surface area contributed by atoms with Crippen molar-refractivity contribution in [3.8, 4) is 34.3 Å². The van der Waals surface area contributed by atoms with E-state index in [1.54, 1.807) is 40.0 Å². The molecule has 2 aromatic heterocycles. The molecule has 0 saturated carbocycles. The molecule has 1 amide bonds. The van der Waals surface area contributed by atoms with E-state index in [0.29, 0.717) is 30.0 Å². The molecule has 1 fully saturated rings. The van der Waals surface area contributed by atoms with Crippen LogP contribution in [0.25, 0.3) is 22.8 Å². The third-order valence-electron chi connectivity index (χ3n) is 6.57. The summed E-state index contributed by atoms with van der Waals surface area (Å²) < 4.78 is 28.0. The average Bonchev–Trinajstić information content (AvgIpc) is 3.49. The second kappa shape index (κ2) is 9.77. The smallest absolute Gasteiger partial charge is 0.251 e. The van der Waals surface area contributed by atoms with Crippen molar-refractivity contribution in [1.82, 2.24) is 19.6 Å². The van der Waals surface area contributed by atoms with Crippen LogP contribution >= 0.6 is 0 Å². The zero-order valence-corrected chi connectivity index (χ0v) is 21.6. The first-order valence-electron chi connectivity index (χ1n) is 12.2. The van der Waals surface area contributed by atoms with Crippen molar-refractivity contribution < 1.29 is 18.7 Å². The molecule has 2 aromatic carbocycles. The maximum Gasteiger partial charge on any atom is 0.251 e. The second-order valence-corrected chi connectivity index (χ2v) is 9.69. The van der Waals surface area contributed by atoms with Crippen LogP contribution in [0.2, 0.25) is 0 Å². The maximum atomic E-state index is 14.1.